The fraction of sp³-hybridized carbons (Fsp3) is 0.500. The molecule has 0 aromatic rings. The third-order valence-electron chi connectivity index (χ3n) is 2.15. The normalized spacial score (nSPS) is 11.1. The molecule has 8 nitrogen and oxygen atoms in total. The van der Waals surface area contributed by atoms with Crippen LogP contribution in [0.5, 0.6) is 0 Å². The van der Waals surface area contributed by atoms with Crippen molar-refractivity contribution in [3.8, 4) is 0 Å². The third-order valence-corrected chi connectivity index (χ3v) is 2.15. The Hall–Kier alpha value is -2.12. The van der Waals surface area contributed by atoms with E-state index in [0.717, 1.165) is 6.92 Å². The molecule has 0 bridgehead atoms. The smallest absolute Gasteiger partial charge is 0.320 e. The van der Waals surface area contributed by atoms with Gasteiger partial charge in [0.05, 0.1) is 0 Å². The SMILES string of the molecule is CC(CC(C(=O)O)C(=O)O)(C(=O)O)C(=O)O. The number of carbonyl (C=O) groups is 4. The Balaban J connectivity index is 5.16. The maximum absolute atomic E-state index is 10.7. The van der Waals surface area contributed by atoms with Crippen LogP contribution in [-0.4, -0.2) is 44.3 Å². The molecule has 0 rings (SSSR count). The van der Waals surface area contributed by atoms with Gasteiger partial charge in [-0.1, -0.05) is 0 Å². The number of aliphatic carboxylic acids is 4. The summed E-state index contributed by atoms with van der Waals surface area (Å²) in [5.74, 6) is -9.19. The molecule has 0 amide bonds. The average Bonchev–Trinajstić information content (AvgIpc) is 2.11. The van der Waals surface area contributed by atoms with Gasteiger partial charge in [-0.25, -0.2) is 0 Å². The van der Waals surface area contributed by atoms with E-state index in [1.807, 2.05) is 0 Å². The Labute approximate surface area is 89.1 Å². The van der Waals surface area contributed by atoms with Gasteiger partial charge in [-0.2, -0.15) is 0 Å². The second kappa shape index (κ2) is 4.60. The summed E-state index contributed by atoms with van der Waals surface area (Å²) in [5, 5.41) is 34.3. The zero-order valence-electron chi connectivity index (χ0n) is 8.21. The summed E-state index contributed by atoms with van der Waals surface area (Å²) in [4.78, 5) is 42.3. The van der Waals surface area contributed by atoms with E-state index in [9.17, 15) is 19.2 Å². The van der Waals surface area contributed by atoms with Crippen molar-refractivity contribution in [2.24, 2.45) is 11.3 Å². The molecule has 0 atom stereocenters. The lowest BCUT2D eigenvalue weighted by atomic mass is 9.81. The predicted octanol–water partition coefficient (Wildman–Crippen LogP) is -0.663. The van der Waals surface area contributed by atoms with Crippen LogP contribution in [0.3, 0.4) is 0 Å². The molecule has 0 aromatic carbocycles. The van der Waals surface area contributed by atoms with E-state index in [1.54, 1.807) is 0 Å². The maximum Gasteiger partial charge on any atom is 0.320 e. The van der Waals surface area contributed by atoms with Gasteiger partial charge < -0.3 is 20.4 Å². The molecule has 90 valence electrons. The number of hydrogen-bond acceptors (Lipinski definition) is 4. The van der Waals surface area contributed by atoms with Crippen molar-refractivity contribution in [3.63, 3.8) is 0 Å². The summed E-state index contributed by atoms with van der Waals surface area (Å²) in [6.07, 6.45) is -1.03. The average molecular weight is 234 g/mol. The van der Waals surface area contributed by atoms with Gasteiger partial charge in [-0.15, -0.1) is 0 Å². The summed E-state index contributed by atoms with van der Waals surface area (Å²) in [6, 6.07) is 0. The van der Waals surface area contributed by atoms with Crippen molar-refractivity contribution in [1.29, 1.82) is 0 Å². The summed E-state index contributed by atoms with van der Waals surface area (Å²) >= 11 is 0. The number of carboxylic acids is 4. The first-order valence-corrected chi connectivity index (χ1v) is 4.05. The molecule has 0 saturated heterocycles. The van der Waals surface area contributed by atoms with Crippen LogP contribution in [0.25, 0.3) is 0 Å². The third kappa shape index (κ3) is 2.69. The van der Waals surface area contributed by atoms with Crippen molar-refractivity contribution in [2.45, 2.75) is 13.3 Å². The highest BCUT2D eigenvalue weighted by atomic mass is 16.4. The summed E-state index contributed by atoms with van der Waals surface area (Å²) in [6.45, 7) is 0.760. The lowest BCUT2D eigenvalue weighted by Gasteiger charge is -2.21. The van der Waals surface area contributed by atoms with Gasteiger partial charge in [0.15, 0.2) is 11.3 Å². The highest BCUT2D eigenvalue weighted by molar-refractivity contribution is 6.00. The zero-order valence-corrected chi connectivity index (χ0v) is 8.21. The molecule has 0 unspecified atom stereocenters. The molecule has 0 aliphatic rings. The molecule has 0 radical (unpaired) electrons. The first-order valence-electron chi connectivity index (χ1n) is 4.05. The fourth-order valence-corrected chi connectivity index (χ4v) is 0.955. The molecule has 0 fully saturated rings. The molecule has 0 saturated carbocycles. The molecular formula is C8H10O8. The standard InChI is InChI=1S/C8H10O8/c1-8(6(13)14,7(15)16)2-3(4(9)10)5(11)12/h3H,2H2,1H3,(H,9,10)(H,11,12)(H,13,14)(H,15,16). The van der Waals surface area contributed by atoms with Crippen LogP contribution in [0.1, 0.15) is 13.3 Å². The minimum absolute atomic E-state index is 0.760. The van der Waals surface area contributed by atoms with Crippen LogP contribution in [0.2, 0.25) is 0 Å². The second-order valence-corrected chi connectivity index (χ2v) is 3.38. The van der Waals surface area contributed by atoms with Gasteiger partial charge in [0.1, 0.15) is 0 Å². The maximum atomic E-state index is 10.7. The minimum atomic E-state index is -2.44. The van der Waals surface area contributed by atoms with Crippen molar-refractivity contribution in [2.75, 3.05) is 0 Å². The van der Waals surface area contributed by atoms with Crippen LogP contribution in [0.4, 0.5) is 0 Å². The number of carboxylic acid groups (broad SMARTS) is 4. The first kappa shape index (κ1) is 13.9. The molecule has 16 heavy (non-hydrogen) atoms. The molecule has 4 N–H and O–H groups in total. The molecule has 8 heteroatoms. The van der Waals surface area contributed by atoms with E-state index in [0.29, 0.717) is 0 Å². The van der Waals surface area contributed by atoms with Crippen molar-refractivity contribution in [3.05, 3.63) is 0 Å². The first-order chi connectivity index (χ1) is 7.12. The Bertz CT molecular complexity index is 316. The quantitative estimate of drug-likeness (QED) is 0.442. The lowest BCUT2D eigenvalue weighted by Crippen LogP contribution is -2.41. The molecule has 0 spiro atoms. The van der Waals surface area contributed by atoms with Crippen LogP contribution >= 0.6 is 0 Å². The molecule has 0 heterocycles. The minimum Gasteiger partial charge on any atom is -0.481 e. The number of hydrogen-bond donors (Lipinski definition) is 4. The van der Waals surface area contributed by atoms with E-state index in [-0.39, 0.29) is 0 Å². The summed E-state index contributed by atoms with van der Waals surface area (Å²) in [7, 11) is 0. The molecule has 0 aliphatic heterocycles. The Morgan fingerprint density at radius 3 is 1.44 bits per heavy atom. The van der Waals surface area contributed by atoms with Gasteiger partial charge in [0, 0.05) is 0 Å². The van der Waals surface area contributed by atoms with Crippen molar-refractivity contribution < 1.29 is 39.6 Å². The monoisotopic (exact) mass is 234 g/mol. The fourth-order valence-electron chi connectivity index (χ4n) is 0.955. The highest BCUT2D eigenvalue weighted by Crippen LogP contribution is 2.27. The Kier molecular flexibility index (Phi) is 3.99. The van der Waals surface area contributed by atoms with Crippen LogP contribution in [0, 0.1) is 11.3 Å². The van der Waals surface area contributed by atoms with E-state index in [4.69, 9.17) is 20.4 Å². The Morgan fingerprint density at radius 1 is 0.938 bits per heavy atom. The van der Waals surface area contributed by atoms with Gasteiger partial charge >= 0.3 is 23.9 Å². The largest absolute Gasteiger partial charge is 0.481 e. The van der Waals surface area contributed by atoms with E-state index in [1.165, 1.54) is 0 Å². The molecule has 0 aromatic heterocycles. The van der Waals surface area contributed by atoms with Crippen LogP contribution in [-0.2, 0) is 19.2 Å². The highest BCUT2D eigenvalue weighted by Gasteiger charge is 2.47. The van der Waals surface area contributed by atoms with Crippen LogP contribution < -0.4 is 0 Å². The summed E-state index contributed by atoms with van der Waals surface area (Å²) in [5.41, 5.74) is -2.44. The van der Waals surface area contributed by atoms with E-state index < -0.39 is 41.6 Å². The molecule has 0 aliphatic carbocycles. The van der Waals surface area contributed by atoms with Crippen molar-refractivity contribution in [1.82, 2.24) is 0 Å². The van der Waals surface area contributed by atoms with E-state index in [2.05, 4.69) is 0 Å². The van der Waals surface area contributed by atoms with Gasteiger partial charge in [0.25, 0.3) is 0 Å². The summed E-state index contributed by atoms with van der Waals surface area (Å²) < 4.78 is 0. The second-order valence-electron chi connectivity index (χ2n) is 3.38. The number of rotatable bonds is 6. The lowest BCUT2D eigenvalue weighted by molar-refractivity contribution is -0.167. The van der Waals surface area contributed by atoms with E-state index >= 15 is 0 Å². The van der Waals surface area contributed by atoms with Crippen molar-refractivity contribution >= 4 is 23.9 Å². The zero-order chi connectivity index (χ0) is 13.1. The Morgan fingerprint density at radius 2 is 1.25 bits per heavy atom. The van der Waals surface area contributed by atoms with Gasteiger partial charge in [-0.05, 0) is 13.3 Å². The predicted molar refractivity (Wildman–Crippen MR) is 46.8 cm³/mol. The van der Waals surface area contributed by atoms with Gasteiger partial charge in [-0.3, -0.25) is 19.2 Å². The van der Waals surface area contributed by atoms with Crippen LogP contribution in [0.15, 0.2) is 0 Å². The molecular weight excluding hydrogens is 224 g/mol. The van der Waals surface area contributed by atoms with Gasteiger partial charge in [0.2, 0.25) is 0 Å². The topological polar surface area (TPSA) is 149 Å².